The molecule has 1 amide bonds. The van der Waals surface area contributed by atoms with Gasteiger partial charge in [0.2, 0.25) is 5.91 Å². The summed E-state index contributed by atoms with van der Waals surface area (Å²) in [5, 5.41) is 2.96. The van der Waals surface area contributed by atoms with Crippen LogP contribution in [-0.4, -0.2) is 11.9 Å². The zero-order chi connectivity index (χ0) is 9.52. The van der Waals surface area contributed by atoms with Gasteiger partial charge in [-0.3, -0.25) is 4.79 Å². The summed E-state index contributed by atoms with van der Waals surface area (Å²) in [6, 6.07) is 0.495. The molecular formula is C11H17NO. The van der Waals surface area contributed by atoms with Crippen LogP contribution in [0.1, 0.15) is 45.4 Å². The Morgan fingerprint density at radius 1 is 1.46 bits per heavy atom. The second-order valence-electron chi connectivity index (χ2n) is 3.40. The van der Waals surface area contributed by atoms with Crippen molar-refractivity contribution >= 4 is 5.91 Å². The van der Waals surface area contributed by atoms with Crippen molar-refractivity contribution in [3.05, 3.63) is 0 Å². The molecule has 0 aromatic rings. The van der Waals surface area contributed by atoms with Gasteiger partial charge in [0.25, 0.3) is 0 Å². The first-order valence-electron chi connectivity index (χ1n) is 5.08. The molecule has 72 valence electrons. The average molecular weight is 179 g/mol. The average Bonchev–Trinajstić information content (AvgIpc) is 2.88. The quantitative estimate of drug-likeness (QED) is 0.518. The molecule has 0 aromatic carbocycles. The molecule has 1 fully saturated rings. The van der Waals surface area contributed by atoms with E-state index in [1.807, 2.05) is 6.92 Å². The van der Waals surface area contributed by atoms with Crippen molar-refractivity contribution in [2.75, 3.05) is 0 Å². The molecule has 0 unspecified atom stereocenters. The Labute approximate surface area is 80.1 Å². The molecule has 0 aliphatic heterocycles. The molecule has 2 nitrogen and oxygen atoms in total. The molecule has 2 heteroatoms. The zero-order valence-electron chi connectivity index (χ0n) is 8.23. The van der Waals surface area contributed by atoms with Crippen molar-refractivity contribution in [3.8, 4) is 11.8 Å². The predicted octanol–water partition coefficient (Wildman–Crippen LogP) is 1.85. The normalized spacial score (nSPS) is 14.5. The van der Waals surface area contributed by atoms with Crippen LogP contribution in [0, 0.1) is 11.8 Å². The third-order valence-electron chi connectivity index (χ3n) is 1.95. The molecule has 1 N–H and O–H groups in total. The number of carbonyl (C=O) groups excluding carboxylic acids is 1. The summed E-state index contributed by atoms with van der Waals surface area (Å²) in [5.74, 6) is 6.22. The minimum absolute atomic E-state index is 0.195. The second-order valence-corrected chi connectivity index (χ2v) is 3.40. The van der Waals surface area contributed by atoms with Gasteiger partial charge in [-0.05, 0) is 19.3 Å². The highest BCUT2D eigenvalue weighted by atomic mass is 16.1. The number of unbranched alkanes of at least 4 members (excludes halogenated alkanes) is 1. The first kappa shape index (κ1) is 10.1. The SMILES string of the molecule is CCC#CCCCC(=O)NC1CC1. The van der Waals surface area contributed by atoms with E-state index in [0.717, 1.165) is 19.3 Å². The van der Waals surface area contributed by atoms with Gasteiger partial charge in [0.15, 0.2) is 0 Å². The molecule has 0 saturated heterocycles. The minimum atomic E-state index is 0.195. The number of hydrogen-bond acceptors (Lipinski definition) is 1. The van der Waals surface area contributed by atoms with Gasteiger partial charge >= 0.3 is 0 Å². The topological polar surface area (TPSA) is 29.1 Å². The highest BCUT2D eigenvalue weighted by Gasteiger charge is 2.22. The first-order chi connectivity index (χ1) is 6.33. The number of hydrogen-bond donors (Lipinski definition) is 1. The third kappa shape index (κ3) is 5.30. The van der Waals surface area contributed by atoms with E-state index in [-0.39, 0.29) is 5.91 Å². The van der Waals surface area contributed by atoms with Gasteiger partial charge in [0.05, 0.1) is 0 Å². The summed E-state index contributed by atoms with van der Waals surface area (Å²) >= 11 is 0. The molecule has 0 aromatic heterocycles. The molecular weight excluding hydrogens is 162 g/mol. The van der Waals surface area contributed by atoms with Gasteiger partial charge in [-0.15, -0.1) is 11.8 Å². The van der Waals surface area contributed by atoms with Crippen LogP contribution in [0.4, 0.5) is 0 Å². The van der Waals surface area contributed by atoms with E-state index in [2.05, 4.69) is 17.2 Å². The first-order valence-corrected chi connectivity index (χ1v) is 5.08. The lowest BCUT2D eigenvalue weighted by molar-refractivity contribution is -0.121. The minimum Gasteiger partial charge on any atom is -0.353 e. The lowest BCUT2D eigenvalue weighted by atomic mass is 10.2. The van der Waals surface area contributed by atoms with Crippen LogP contribution < -0.4 is 5.32 Å². The fourth-order valence-corrected chi connectivity index (χ4v) is 1.08. The van der Waals surface area contributed by atoms with Crippen LogP contribution in [-0.2, 0) is 4.79 Å². The Morgan fingerprint density at radius 2 is 2.23 bits per heavy atom. The van der Waals surface area contributed by atoms with Crippen LogP contribution in [0.3, 0.4) is 0 Å². The van der Waals surface area contributed by atoms with Gasteiger partial charge in [-0.25, -0.2) is 0 Å². The number of amides is 1. The smallest absolute Gasteiger partial charge is 0.220 e. The van der Waals surface area contributed by atoms with Gasteiger partial charge < -0.3 is 5.32 Å². The molecule has 0 atom stereocenters. The van der Waals surface area contributed by atoms with Crippen molar-refractivity contribution in [2.45, 2.75) is 51.5 Å². The van der Waals surface area contributed by atoms with Crippen molar-refractivity contribution < 1.29 is 4.79 Å². The maximum Gasteiger partial charge on any atom is 0.220 e. The summed E-state index contributed by atoms with van der Waals surface area (Å²) in [7, 11) is 0. The van der Waals surface area contributed by atoms with Crippen LogP contribution in [0.25, 0.3) is 0 Å². The van der Waals surface area contributed by atoms with E-state index >= 15 is 0 Å². The Balaban J connectivity index is 1.94. The van der Waals surface area contributed by atoms with E-state index in [4.69, 9.17) is 0 Å². The summed E-state index contributed by atoms with van der Waals surface area (Å²) < 4.78 is 0. The van der Waals surface area contributed by atoms with Gasteiger partial charge in [-0.2, -0.15) is 0 Å². The van der Waals surface area contributed by atoms with Crippen molar-refractivity contribution in [2.24, 2.45) is 0 Å². The van der Waals surface area contributed by atoms with Crippen LogP contribution in [0.5, 0.6) is 0 Å². The van der Waals surface area contributed by atoms with E-state index in [0.29, 0.717) is 12.5 Å². The maximum absolute atomic E-state index is 11.2. The van der Waals surface area contributed by atoms with Gasteiger partial charge in [0.1, 0.15) is 0 Å². The summed E-state index contributed by atoms with van der Waals surface area (Å²) in [6.07, 6.45) is 5.63. The number of rotatable bonds is 4. The molecule has 0 heterocycles. The van der Waals surface area contributed by atoms with Crippen LogP contribution in [0.2, 0.25) is 0 Å². The van der Waals surface area contributed by atoms with E-state index in [1.165, 1.54) is 12.8 Å². The standard InChI is InChI=1S/C11H17NO/c1-2-3-4-5-6-7-11(13)12-10-8-9-10/h10H,2,5-9H2,1H3,(H,12,13). The van der Waals surface area contributed by atoms with Gasteiger partial charge in [-0.1, -0.05) is 6.92 Å². The number of carbonyl (C=O) groups is 1. The van der Waals surface area contributed by atoms with Crippen LogP contribution >= 0.6 is 0 Å². The lowest BCUT2D eigenvalue weighted by Crippen LogP contribution is -2.24. The Hall–Kier alpha value is -0.970. The largest absolute Gasteiger partial charge is 0.353 e. The van der Waals surface area contributed by atoms with E-state index in [1.54, 1.807) is 0 Å². The van der Waals surface area contributed by atoms with Crippen LogP contribution in [0.15, 0.2) is 0 Å². The molecule has 1 saturated carbocycles. The fraction of sp³-hybridized carbons (Fsp3) is 0.727. The maximum atomic E-state index is 11.2. The Morgan fingerprint density at radius 3 is 2.85 bits per heavy atom. The monoisotopic (exact) mass is 179 g/mol. The molecule has 0 bridgehead atoms. The fourth-order valence-electron chi connectivity index (χ4n) is 1.08. The highest BCUT2D eigenvalue weighted by molar-refractivity contribution is 5.76. The van der Waals surface area contributed by atoms with Crippen molar-refractivity contribution in [1.29, 1.82) is 0 Å². The summed E-state index contributed by atoms with van der Waals surface area (Å²) in [5.41, 5.74) is 0. The van der Waals surface area contributed by atoms with E-state index < -0.39 is 0 Å². The van der Waals surface area contributed by atoms with Gasteiger partial charge in [0, 0.05) is 25.3 Å². The second kappa shape index (κ2) is 5.64. The Kier molecular flexibility index (Phi) is 4.39. The van der Waals surface area contributed by atoms with Crippen molar-refractivity contribution in [3.63, 3.8) is 0 Å². The zero-order valence-corrected chi connectivity index (χ0v) is 8.23. The molecule has 0 spiro atoms. The number of nitrogens with one attached hydrogen (secondary N) is 1. The Bertz CT molecular complexity index is 220. The molecule has 0 radical (unpaired) electrons. The molecule has 13 heavy (non-hydrogen) atoms. The summed E-state index contributed by atoms with van der Waals surface area (Å²) in [4.78, 5) is 11.2. The molecule has 1 aliphatic carbocycles. The highest BCUT2D eigenvalue weighted by Crippen LogP contribution is 2.18. The molecule has 1 aliphatic rings. The third-order valence-corrected chi connectivity index (χ3v) is 1.95. The predicted molar refractivity (Wildman–Crippen MR) is 53.1 cm³/mol. The molecule has 1 rings (SSSR count). The summed E-state index contributed by atoms with van der Waals surface area (Å²) in [6.45, 7) is 2.03. The van der Waals surface area contributed by atoms with E-state index in [9.17, 15) is 4.79 Å². The van der Waals surface area contributed by atoms with Crippen molar-refractivity contribution in [1.82, 2.24) is 5.32 Å². The lowest BCUT2D eigenvalue weighted by Gasteiger charge is -2.00.